The van der Waals surface area contributed by atoms with Crippen LogP contribution in [0.5, 0.6) is 0 Å². The second-order valence-corrected chi connectivity index (χ2v) is 9.63. The Morgan fingerprint density at radius 3 is 2.49 bits per heavy atom. The van der Waals surface area contributed by atoms with Gasteiger partial charge in [0.15, 0.2) is 5.11 Å². The lowest BCUT2D eigenvalue weighted by Gasteiger charge is -2.29. The number of nitrogens with zero attached hydrogens (tertiary/aromatic N) is 3. The van der Waals surface area contributed by atoms with Gasteiger partial charge in [-0.1, -0.05) is 13.0 Å². The topological polar surface area (TPSA) is 88.5 Å². The highest BCUT2D eigenvalue weighted by Crippen LogP contribution is 2.43. The normalized spacial score (nSPS) is 16.6. The number of aryl methyl sites for hydroxylation is 1. The summed E-state index contributed by atoms with van der Waals surface area (Å²) in [7, 11) is 1.37. The summed E-state index contributed by atoms with van der Waals surface area (Å²) >= 11 is 5.89. The van der Waals surface area contributed by atoms with Crippen LogP contribution in [-0.2, 0) is 9.53 Å². The van der Waals surface area contributed by atoms with Crippen LogP contribution < -0.4 is 15.5 Å². The molecule has 1 saturated heterocycles. The first-order valence-corrected chi connectivity index (χ1v) is 13.1. The number of anilines is 2. The van der Waals surface area contributed by atoms with Crippen LogP contribution in [0.3, 0.4) is 0 Å². The van der Waals surface area contributed by atoms with Gasteiger partial charge < -0.3 is 24.8 Å². The number of rotatable bonds is 7. The first-order valence-electron chi connectivity index (χ1n) is 12.7. The predicted molar refractivity (Wildman–Crippen MR) is 155 cm³/mol. The first kappa shape index (κ1) is 26.1. The number of thiocarbonyl (C=S) groups is 1. The minimum atomic E-state index is -0.380. The van der Waals surface area contributed by atoms with E-state index in [-0.39, 0.29) is 24.0 Å². The Hall–Kier alpha value is -4.50. The van der Waals surface area contributed by atoms with E-state index in [4.69, 9.17) is 17.0 Å². The third-order valence-electron chi connectivity index (χ3n) is 6.83. The smallest absolute Gasteiger partial charge is 0.337 e. The van der Waals surface area contributed by atoms with Crippen LogP contribution in [0.2, 0.25) is 0 Å². The first-order chi connectivity index (χ1) is 18.9. The van der Waals surface area contributed by atoms with Crippen molar-refractivity contribution in [1.29, 1.82) is 0 Å². The lowest BCUT2D eigenvalue weighted by atomic mass is 10.00. The molecule has 0 radical (unpaired) electrons. The van der Waals surface area contributed by atoms with Crippen molar-refractivity contribution >= 4 is 40.6 Å². The average Bonchev–Trinajstić information content (AvgIpc) is 3.58. The number of carbonyl (C=O) groups excluding carboxylic acids is 2. The lowest BCUT2D eigenvalue weighted by Crippen LogP contribution is -2.30. The van der Waals surface area contributed by atoms with E-state index in [0.717, 1.165) is 34.0 Å². The molecule has 198 valence electrons. The Bertz CT molecular complexity index is 1520. The molecule has 0 spiro atoms. The quantitative estimate of drug-likeness (QED) is 0.237. The van der Waals surface area contributed by atoms with E-state index in [2.05, 4.69) is 31.2 Å². The van der Waals surface area contributed by atoms with Gasteiger partial charge >= 0.3 is 5.97 Å². The fourth-order valence-electron chi connectivity index (χ4n) is 4.86. The van der Waals surface area contributed by atoms with Gasteiger partial charge in [0.05, 0.1) is 24.4 Å². The van der Waals surface area contributed by atoms with Crippen molar-refractivity contribution in [2.75, 3.05) is 17.3 Å². The van der Waals surface area contributed by atoms with Gasteiger partial charge in [-0.25, -0.2) is 4.79 Å². The molecule has 0 aliphatic carbocycles. The van der Waals surface area contributed by atoms with Crippen molar-refractivity contribution in [3.63, 3.8) is 0 Å². The molecule has 9 heteroatoms. The zero-order chi connectivity index (χ0) is 27.5. The van der Waals surface area contributed by atoms with Gasteiger partial charge in [0.25, 0.3) is 0 Å². The zero-order valence-corrected chi connectivity index (χ0v) is 22.7. The zero-order valence-electron chi connectivity index (χ0n) is 21.9. The number of esters is 1. The molecule has 1 aliphatic rings. The molecule has 1 aliphatic heterocycles. The number of benzene rings is 2. The summed E-state index contributed by atoms with van der Waals surface area (Å²) < 4.78 is 6.94. The van der Waals surface area contributed by atoms with Crippen LogP contribution >= 0.6 is 12.2 Å². The van der Waals surface area contributed by atoms with Crippen molar-refractivity contribution in [2.24, 2.45) is 0 Å². The van der Waals surface area contributed by atoms with Crippen LogP contribution in [-0.4, -0.2) is 33.6 Å². The van der Waals surface area contributed by atoms with Crippen molar-refractivity contribution < 1.29 is 14.3 Å². The molecule has 8 nitrogen and oxygen atoms in total. The van der Waals surface area contributed by atoms with Gasteiger partial charge in [-0.15, -0.1) is 0 Å². The van der Waals surface area contributed by atoms with Gasteiger partial charge in [0, 0.05) is 41.6 Å². The summed E-state index contributed by atoms with van der Waals surface area (Å²) in [6, 6.07) is 22.7. The summed E-state index contributed by atoms with van der Waals surface area (Å²) in [6.45, 7) is 3.80. The Kier molecular flexibility index (Phi) is 7.42. The second-order valence-electron chi connectivity index (χ2n) is 9.24. The Labute approximate surface area is 232 Å². The molecule has 3 heterocycles. The number of aromatic nitrogens is 2. The van der Waals surface area contributed by atoms with E-state index >= 15 is 0 Å². The highest BCUT2D eigenvalue weighted by atomic mass is 32.1. The van der Waals surface area contributed by atoms with Crippen molar-refractivity contribution in [3.8, 4) is 5.69 Å². The molecule has 1 amide bonds. The molecule has 5 rings (SSSR count). The summed E-state index contributed by atoms with van der Waals surface area (Å²) in [4.78, 5) is 30.7. The fourth-order valence-corrected chi connectivity index (χ4v) is 5.20. The van der Waals surface area contributed by atoms with Crippen LogP contribution in [0.25, 0.3) is 5.69 Å². The molecule has 0 saturated carbocycles. The number of hydrogen-bond acceptors (Lipinski definition) is 5. The Morgan fingerprint density at radius 2 is 1.82 bits per heavy atom. The van der Waals surface area contributed by atoms with Gasteiger partial charge in [-0.2, -0.15) is 0 Å². The molecule has 0 bridgehead atoms. The number of ether oxygens (including phenoxy) is 1. The van der Waals surface area contributed by atoms with Crippen LogP contribution in [0.1, 0.15) is 52.7 Å². The maximum atomic E-state index is 12.0. The lowest BCUT2D eigenvalue weighted by molar-refractivity contribution is -0.115. The number of nitrogens with one attached hydrogen (secondary N) is 2. The molecule has 4 aromatic rings. The maximum Gasteiger partial charge on any atom is 0.337 e. The van der Waals surface area contributed by atoms with E-state index in [1.807, 2.05) is 74.6 Å². The number of amides is 1. The standard InChI is InChI=1S/C30H29N5O3S/c1-4-26(36)32-23-15-14-22(18-19(23)2)35-28(27(33-30(35)39)24-8-5-6-16-31-24)25-9-7-17-34(25)21-12-10-20(11-13-21)29(37)38-3/h5-18,27-28H,4H2,1-3H3,(H,32,36)(H,33,39). The molecular formula is C30H29N5O3S. The highest BCUT2D eigenvalue weighted by molar-refractivity contribution is 7.80. The van der Waals surface area contributed by atoms with E-state index in [9.17, 15) is 9.59 Å². The monoisotopic (exact) mass is 539 g/mol. The van der Waals surface area contributed by atoms with Crippen LogP contribution in [0, 0.1) is 6.92 Å². The molecule has 1 fully saturated rings. The largest absolute Gasteiger partial charge is 0.465 e. The number of hydrogen-bond donors (Lipinski definition) is 2. The van der Waals surface area contributed by atoms with Gasteiger partial charge in [-0.3, -0.25) is 9.78 Å². The molecule has 2 atom stereocenters. The van der Waals surface area contributed by atoms with Gasteiger partial charge in [-0.05, 0) is 91.4 Å². The Morgan fingerprint density at radius 1 is 1.05 bits per heavy atom. The molecule has 2 unspecified atom stereocenters. The van der Waals surface area contributed by atoms with Crippen molar-refractivity contribution in [1.82, 2.24) is 14.9 Å². The van der Waals surface area contributed by atoms with E-state index < -0.39 is 0 Å². The SMILES string of the molecule is CCC(=O)Nc1ccc(N2C(=S)NC(c3ccccn3)C2c2cccn2-c2ccc(C(=O)OC)cc2)cc1C. The van der Waals surface area contributed by atoms with Gasteiger partial charge in [0.1, 0.15) is 6.04 Å². The number of carbonyl (C=O) groups is 2. The summed E-state index contributed by atoms with van der Waals surface area (Å²) in [6.07, 6.45) is 4.18. The average molecular weight is 540 g/mol. The van der Waals surface area contributed by atoms with Crippen molar-refractivity contribution in [3.05, 3.63) is 108 Å². The van der Waals surface area contributed by atoms with Crippen molar-refractivity contribution in [2.45, 2.75) is 32.4 Å². The Balaban J connectivity index is 1.59. The van der Waals surface area contributed by atoms with Gasteiger partial charge in [0.2, 0.25) is 5.91 Å². The molecule has 2 aromatic heterocycles. The molecule has 39 heavy (non-hydrogen) atoms. The number of pyridine rings is 1. The van der Waals surface area contributed by atoms with Crippen LogP contribution in [0.4, 0.5) is 11.4 Å². The highest BCUT2D eigenvalue weighted by Gasteiger charge is 2.42. The molecule has 2 N–H and O–H groups in total. The van der Waals surface area contributed by atoms with E-state index in [0.29, 0.717) is 17.1 Å². The third-order valence-corrected chi connectivity index (χ3v) is 7.15. The summed E-state index contributed by atoms with van der Waals surface area (Å²) in [5, 5.41) is 7.03. The predicted octanol–water partition coefficient (Wildman–Crippen LogP) is 5.49. The minimum Gasteiger partial charge on any atom is -0.465 e. The van der Waals surface area contributed by atoms with E-state index in [1.54, 1.807) is 18.3 Å². The van der Waals surface area contributed by atoms with E-state index in [1.165, 1.54) is 7.11 Å². The second kappa shape index (κ2) is 11.1. The molecule has 2 aromatic carbocycles. The minimum absolute atomic E-state index is 0.0339. The summed E-state index contributed by atoms with van der Waals surface area (Å²) in [5.74, 6) is -0.414. The third kappa shape index (κ3) is 5.13. The number of methoxy groups -OCH3 is 1. The van der Waals surface area contributed by atoms with Crippen LogP contribution in [0.15, 0.2) is 85.2 Å². The molecular weight excluding hydrogens is 510 g/mol. The fraction of sp³-hybridized carbons (Fsp3) is 0.200. The maximum absolute atomic E-state index is 12.0. The summed E-state index contributed by atoms with van der Waals surface area (Å²) in [5.41, 5.74) is 5.85.